The predicted octanol–water partition coefficient (Wildman–Crippen LogP) is 4.87. The normalized spacial score (nSPS) is 24.2. The van der Waals surface area contributed by atoms with E-state index in [1.54, 1.807) is 18.3 Å². The van der Waals surface area contributed by atoms with Crippen molar-refractivity contribution in [1.82, 2.24) is 14.8 Å². The summed E-state index contributed by atoms with van der Waals surface area (Å²) in [6.45, 7) is 4.79. The fraction of sp³-hybridized carbons (Fsp3) is 0.429. The average molecular weight is 476 g/mol. The van der Waals surface area contributed by atoms with Crippen molar-refractivity contribution in [3.8, 4) is 17.2 Å². The molecule has 2 aromatic heterocycles. The summed E-state index contributed by atoms with van der Waals surface area (Å²) in [7, 11) is 1.62. The maximum Gasteiger partial charge on any atom is 0.271 e. The van der Waals surface area contributed by atoms with Gasteiger partial charge in [0.05, 0.1) is 25.6 Å². The molecule has 5 rings (SSSR count). The molecule has 7 nitrogen and oxygen atoms in total. The molecule has 1 aliphatic carbocycles. The number of ether oxygens (including phenoxy) is 1. The van der Waals surface area contributed by atoms with Gasteiger partial charge in [-0.05, 0) is 80.5 Å². The summed E-state index contributed by atoms with van der Waals surface area (Å²) >= 11 is 0. The minimum Gasteiger partial charge on any atom is -0.497 e. The van der Waals surface area contributed by atoms with Gasteiger partial charge in [-0.2, -0.15) is 0 Å². The summed E-state index contributed by atoms with van der Waals surface area (Å²) < 4.78 is 12.9. The highest BCUT2D eigenvalue weighted by atomic mass is 16.5. The Morgan fingerprint density at radius 2 is 1.89 bits per heavy atom. The summed E-state index contributed by atoms with van der Waals surface area (Å²) in [5.41, 5.74) is 1.19. The molecule has 3 heterocycles. The minimum absolute atomic E-state index is 0.113. The van der Waals surface area contributed by atoms with Crippen LogP contribution in [0.25, 0.3) is 11.5 Å². The molecule has 3 aromatic rings. The Hall–Kier alpha value is -3.48. The lowest BCUT2D eigenvalue weighted by molar-refractivity contribution is -0.134. The molecule has 7 heteroatoms. The van der Waals surface area contributed by atoms with Gasteiger partial charge in [-0.15, -0.1) is 0 Å². The number of benzene rings is 1. The molecule has 1 aromatic carbocycles. The second-order valence-electron chi connectivity index (χ2n) is 10.1. The Balaban J connectivity index is 1.51. The first kappa shape index (κ1) is 23.3. The van der Waals surface area contributed by atoms with Crippen molar-refractivity contribution < 1.29 is 18.7 Å². The molecule has 0 saturated heterocycles. The van der Waals surface area contributed by atoms with Gasteiger partial charge >= 0.3 is 0 Å². The third kappa shape index (κ3) is 4.35. The molecule has 1 fully saturated rings. The maximum absolute atomic E-state index is 13.9. The molecular formula is C28H33N3O4. The first-order chi connectivity index (χ1) is 16.9. The molecule has 1 aliphatic heterocycles. The molecule has 2 aliphatic rings. The van der Waals surface area contributed by atoms with E-state index in [1.165, 1.54) is 0 Å². The SMILES string of the molecule is COc1cccc(CN2C(=O)c3ccc(-c4ccco4)n3C[C@@]2(C)C(=O)NC2CCC(C)CC2)c1. The third-order valence-corrected chi connectivity index (χ3v) is 7.60. The average Bonchev–Trinajstić information content (AvgIpc) is 3.53. The van der Waals surface area contributed by atoms with Crippen LogP contribution in [0, 0.1) is 5.92 Å². The van der Waals surface area contributed by atoms with E-state index in [2.05, 4.69) is 12.2 Å². The topological polar surface area (TPSA) is 76.7 Å². The number of nitrogens with zero attached hydrogens (tertiary/aromatic N) is 2. The number of hydrogen-bond donors (Lipinski definition) is 1. The lowest BCUT2D eigenvalue weighted by Gasteiger charge is -2.45. The molecule has 1 saturated carbocycles. The highest BCUT2D eigenvalue weighted by Crippen LogP contribution is 2.35. The number of nitrogens with one attached hydrogen (secondary N) is 1. The van der Waals surface area contributed by atoms with Crippen LogP contribution in [0.4, 0.5) is 0 Å². The van der Waals surface area contributed by atoms with Crippen molar-refractivity contribution in [2.24, 2.45) is 5.92 Å². The number of carbonyl (C=O) groups excluding carboxylic acids is 2. The number of fused-ring (bicyclic) bond motifs is 1. The zero-order valence-corrected chi connectivity index (χ0v) is 20.6. The molecule has 35 heavy (non-hydrogen) atoms. The quantitative estimate of drug-likeness (QED) is 0.552. The van der Waals surface area contributed by atoms with Gasteiger partial charge in [0, 0.05) is 12.6 Å². The van der Waals surface area contributed by atoms with Gasteiger partial charge in [-0.25, -0.2) is 0 Å². The Labute approximate surface area is 206 Å². The van der Waals surface area contributed by atoms with Crippen LogP contribution in [-0.4, -0.2) is 40.0 Å². The van der Waals surface area contributed by atoms with E-state index in [4.69, 9.17) is 9.15 Å². The predicted molar refractivity (Wildman–Crippen MR) is 133 cm³/mol. The number of carbonyl (C=O) groups is 2. The van der Waals surface area contributed by atoms with Gasteiger partial charge < -0.3 is 23.9 Å². The second kappa shape index (κ2) is 9.29. The summed E-state index contributed by atoms with van der Waals surface area (Å²) in [5.74, 6) is 1.80. The molecular weight excluding hydrogens is 442 g/mol. The molecule has 0 radical (unpaired) electrons. The lowest BCUT2D eigenvalue weighted by Crippen LogP contribution is -2.64. The van der Waals surface area contributed by atoms with Crippen molar-refractivity contribution in [3.05, 3.63) is 66.1 Å². The van der Waals surface area contributed by atoms with Crippen LogP contribution in [0.2, 0.25) is 0 Å². The first-order valence-electron chi connectivity index (χ1n) is 12.4. The zero-order valence-electron chi connectivity index (χ0n) is 20.6. The van der Waals surface area contributed by atoms with Crippen LogP contribution < -0.4 is 10.1 Å². The molecule has 184 valence electrons. The molecule has 2 amide bonds. The van der Waals surface area contributed by atoms with Crippen molar-refractivity contribution >= 4 is 11.8 Å². The van der Waals surface area contributed by atoms with Crippen molar-refractivity contribution in [2.75, 3.05) is 7.11 Å². The van der Waals surface area contributed by atoms with Crippen LogP contribution >= 0.6 is 0 Å². The number of furan rings is 1. The van der Waals surface area contributed by atoms with E-state index in [0.29, 0.717) is 30.5 Å². The van der Waals surface area contributed by atoms with E-state index in [1.807, 2.05) is 60.0 Å². The Morgan fingerprint density at radius 3 is 2.60 bits per heavy atom. The summed E-state index contributed by atoms with van der Waals surface area (Å²) in [6, 6.07) is 15.2. The standard InChI is InChI=1S/C28H33N3O4/c1-19-9-11-21(12-10-19)29-27(33)28(2)18-30-23(25-8-5-15-35-25)13-14-24(30)26(32)31(28)17-20-6-4-7-22(16-20)34-3/h4-8,13-16,19,21H,9-12,17-18H2,1-3H3,(H,29,33)/t19?,21?,28-/m0/s1. The number of aromatic nitrogens is 1. The van der Waals surface area contributed by atoms with Crippen LogP contribution in [0.3, 0.4) is 0 Å². The molecule has 0 bridgehead atoms. The van der Waals surface area contributed by atoms with Gasteiger partial charge in [0.2, 0.25) is 5.91 Å². The van der Waals surface area contributed by atoms with E-state index >= 15 is 0 Å². The fourth-order valence-corrected chi connectivity index (χ4v) is 5.36. The van der Waals surface area contributed by atoms with Crippen molar-refractivity contribution in [3.63, 3.8) is 0 Å². The Bertz CT molecular complexity index is 1210. The first-order valence-corrected chi connectivity index (χ1v) is 12.4. The van der Waals surface area contributed by atoms with Crippen molar-refractivity contribution in [2.45, 2.75) is 64.2 Å². The summed E-state index contributed by atoms with van der Waals surface area (Å²) in [5, 5.41) is 3.29. The summed E-state index contributed by atoms with van der Waals surface area (Å²) in [6.07, 6.45) is 5.78. The lowest BCUT2D eigenvalue weighted by atomic mass is 9.86. The van der Waals surface area contributed by atoms with E-state index in [0.717, 1.165) is 42.7 Å². The molecule has 1 N–H and O–H groups in total. The molecule has 0 unspecified atom stereocenters. The Kier molecular flexibility index (Phi) is 6.17. The largest absolute Gasteiger partial charge is 0.497 e. The minimum atomic E-state index is -1.07. The van der Waals surface area contributed by atoms with E-state index in [9.17, 15) is 9.59 Å². The van der Waals surface area contributed by atoms with Gasteiger partial charge in [0.15, 0.2) is 0 Å². The molecule has 0 spiro atoms. The second-order valence-corrected chi connectivity index (χ2v) is 10.1. The van der Waals surface area contributed by atoms with Crippen LogP contribution in [0.1, 0.15) is 55.6 Å². The Morgan fingerprint density at radius 1 is 1.11 bits per heavy atom. The van der Waals surface area contributed by atoms with Crippen LogP contribution in [0.15, 0.2) is 59.2 Å². The highest BCUT2D eigenvalue weighted by Gasteiger charge is 2.48. The van der Waals surface area contributed by atoms with Gasteiger partial charge in [-0.1, -0.05) is 19.1 Å². The zero-order chi connectivity index (χ0) is 24.6. The van der Waals surface area contributed by atoms with E-state index < -0.39 is 5.54 Å². The third-order valence-electron chi connectivity index (χ3n) is 7.60. The smallest absolute Gasteiger partial charge is 0.271 e. The molecule has 1 atom stereocenters. The monoisotopic (exact) mass is 475 g/mol. The highest BCUT2D eigenvalue weighted by molar-refractivity contribution is 6.00. The number of rotatable bonds is 6. The maximum atomic E-state index is 13.9. The van der Waals surface area contributed by atoms with Crippen LogP contribution in [0.5, 0.6) is 5.75 Å². The van der Waals surface area contributed by atoms with Crippen LogP contribution in [-0.2, 0) is 17.9 Å². The number of hydrogen-bond acceptors (Lipinski definition) is 4. The fourth-order valence-electron chi connectivity index (χ4n) is 5.36. The van der Waals surface area contributed by atoms with Gasteiger partial charge in [0.25, 0.3) is 5.91 Å². The van der Waals surface area contributed by atoms with Gasteiger partial charge in [-0.3, -0.25) is 9.59 Å². The van der Waals surface area contributed by atoms with Crippen molar-refractivity contribution in [1.29, 1.82) is 0 Å². The number of methoxy groups -OCH3 is 1. The van der Waals surface area contributed by atoms with Gasteiger partial charge in [0.1, 0.15) is 22.7 Å². The number of amides is 2. The van der Waals surface area contributed by atoms with E-state index in [-0.39, 0.29) is 17.9 Å². The summed E-state index contributed by atoms with van der Waals surface area (Å²) in [4.78, 5) is 29.5.